The zero-order valence-electron chi connectivity index (χ0n) is 13.0. The number of hydrogen-bond acceptors (Lipinski definition) is 1. The molecule has 2 heterocycles. The highest BCUT2D eigenvalue weighted by molar-refractivity contribution is 5.79. The molecule has 3 aliphatic rings. The van der Waals surface area contributed by atoms with Crippen molar-refractivity contribution in [2.75, 3.05) is 26.2 Å². The maximum atomic E-state index is 2.55. The highest BCUT2D eigenvalue weighted by Gasteiger charge is 2.23. The molecule has 2 nitrogen and oxygen atoms in total. The molecule has 2 fully saturated rings. The predicted molar refractivity (Wildman–Crippen MR) is 85.4 cm³/mol. The Morgan fingerprint density at radius 3 is 2.50 bits per heavy atom. The third kappa shape index (κ3) is 3.16. The van der Waals surface area contributed by atoms with Crippen molar-refractivity contribution < 1.29 is 4.58 Å². The molecule has 1 aliphatic carbocycles. The Kier molecular flexibility index (Phi) is 4.59. The minimum atomic E-state index is 1.26. The first kappa shape index (κ1) is 13.9. The van der Waals surface area contributed by atoms with E-state index in [4.69, 9.17) is 0 Å². The molecule has 0 aromatic rings. The summed E-state index contributed by atoms with van der Waals surface area (Å²) >= 11 is 0. The number of likely N-dealkylation sites (tertiary alicyclic amines) is 1. The molecule has 3 rings (SSSR count). The number of rotatable bonds is 4. The van der Waals surface area contributed by atoms with Crippen LogP contribution in [0.2, 0.25) is 0 Å². The molecule has 0 radical (unpaired) electrons. The van der Waals surface area contributed by atoms with Crippen molar-refractivity contribution in [1.29, 1.82) is 0 Å². The summed E-state index contributed by atoms with van der Waals surface area (Å²) in [7, 11) is 0. The van der Waals surface area contributed by atoms with E-state index in [1.165, 1.54) is 77.5 Å². The van der Waals surface area contributed by atoms with Gasteiger partial charge in [-0.25, -0.2) is 4.58 Å². The minimum absolute atomic E-state index is 1.26. The van der Waals surface area contributed by atoms with Crippen LogP contribution < -0.4 is 0 Å². The van der Waals surface area contributed by atoms with E-state index in [2.05, 4.69) is 28.8 Å². The zero-order valence-corrected chi connectivity index (χ0v) is 13.0. The molecule has 2 aliphatic heterocycles. The van der Waals surface area contributed by atoms with E-state index in [0.29, 0.717) is 0 Å². The van der Waals surface area contributed by atoms with Gasteiger partial charge in [-0.15, -0.1) is 0 Å². The Balaban J connectivity index is 1.81. The van der Waals surface area contributed by atoms with Crippen LogP contribution in [0.15, 0.2) is 22.9 Å². The van der Waals surface area contributed by atoms with Gasteiger partial charge in [-0.1, -0.05) is 13.3 Å². The molecule has 0 N–H and O–H groups in total. The summed E-state index contributed by atoms with van der Waals surface area (Å²) in [6.07, 6.45) is 15.6. The lowest BCUT2D eigenvalue weighted by Gasteiger charge is -2.14. The first-order valence-electron chi connectivity index (χ1n) is 8.63. The molecule has 0 saturated carbocycles. The predicted octanol–water partition coefficient (Wildman–Crippen LogP) is 3.73. The summed E-state index contributed by atoms with van der Waals surface area (Å²) in [5.74, 6) is 0. The maximum absolute atomic E-state index is 2.55. The summed E-state index contributed by atoms with van der Waals surface area (Å²) in [5, 5.41) is 0. The second-order valence-corrected chi connectivity index (χ2v) is 6.52. The average molecular weight is 273 g/mol. The largest absolute Gasteiger partial charge is 0.377 e. The fraction of sp³-hybridized carbons (Fsp3) is 0.722. The van der Waals surface area contributed by atoms with Crippen molar-refractivity contribution in [3.8, 4) is 0 Å². The van der Waals surface area contributed by atoms with Gasteiger partial charge in [0.1, 0.15) is 13.1 Å². The summed E-state index contributed by atoms with van der Waals surface area (Å²) < 4.78 is 2.55. The molecule has 2 saturated heterocycles. The molecule has 0 aromatic heterocycles. The topological polar surface area (TPSA) is 6.25 Å². The lowest BCUT2D eigenvalue weighted by Crippen LogP contribution is -2.12. The van der Waals surface area contributed by atoms with E-state index in [0.717, 1.165) is 0 Å². The van der Waals surface area contributed by atoms with Gasteiger partial charge in [-0.05, 0) is 43.3 Å². The first-order valence-corrected chi connectivity index (χ1v) is 8.63. The van der Waals surface area contributed by atoms with Gasteiger partial charge >= 0.3 is 0 Å². The second-order valence-electron chi connectivity index (χ2n) is 6.52. The fourth-order valence-electron chi connectivity index (χ4n) is 3.82. The van der Waals surface area contributed by atoms with Crippen molar-refractivity contribution in [1.82, 2.24) is 4.90 Å². The molecule has 0 unspecified atom stereocenters. The first-order chi connectivity index (χ1) is 9.86. The Hall–Kier alpha value is -1.05. The molecule has 0 aromatic carbocycles. The monoisotopic (exact) mass is 273 g/mol. The molecular formula is C18H29N2+. The maximum Gasteiger partial charge on any atom is 0.166 e. The fourth-order valence-corrected chi connectivity index (χ4v) is 3.82. The molecule has 0 spiro atoms. The van der Waals surface area contributed by atoms with Crippen molar-refractivity contribution in [3.05, 3.63) is 22.9 Å². The van der Waals surface area contributed by atoms with Gasteiger partial charge in [-0.3, -0.25) is 0 Å². The highest BCUT2D eigenvalue weighted by atomic mass is 15.1. The van der Waals surface area contributed by atoms with Crippen LogP contribution in [-0.4, -0.2) is 41.9 Å². The summed E-state index contributed by atoms with van der Waals surface area (Å²) in [6, 6.07) is 0. The van der Waals surface area contributed by atoms with Crippen LogP contribution in [0.5, 0.6) is 0 Å². The van der Waals surface area contributed by atoms with Crippen LogP contribution in [0, 0.1) is 0 Å². The van der Waals surface area contributed by atoms with Crippen LogP contribution in [0.4, 0.5) is 0 Å². The van der Waals surface area contributed by atoms with Crippen LogP contribution >= 0.6 is 0 Å². The lowest BCUT2D eigenvalue weighted by atomic mass is 10.0. The van der Waals surface area contributed by atoms with Gasteiger partial charge in [0.15, 0.2) is 6.21 Å². The summed E-state index contributed by atoms with van der Waals surface area (Å²) in [6.45, 7) is 7.40. The van der Waals surface area contributed by atoms with Crippen LogP contribution in [0.3, 0.4) is 0 Å². The SMILES string of the molecule is CCCC1=C(C=[N+]2CCCC2)CC/C1=C\N1CCCC1. The normalized spacial score (nSPS) is 25.4. The van der Waals surface area contributed by atoms with Crippen molar-refractivity contribution in [2.24, 2.45) is 0 Å². The number of hydrogen-bond donors (Lipinski definition) is 0. The summed E-state index contributed by atoms with van der Waals surface area (Å²) in [4.78, 5) is 2.55. The molecule has 0 bridgehead atoms. The molecule has 110 valence electrons. The average Bonchev–Trinajstić information content (AvgIpc) is 3.17. The zero-order chi connectivity index (χ0) is 13.8. The van der Waals surface area contributed by atoms with E-state index in [-0.39, 0.29) is 0 Å². The lowest BCUT2D eigenvalue weighted by molar-refractivity contribution is -0.501. The quantitative estimate of drug-likeness (QED) is 0.707. The minimum Gasteiger partial charge on any atom is -0.377 e. The number of allylic oxidation sites excluding steroid dienone is 3. The van der Waals surface area contributed by atoms with Crippen molar-refractivity contribution in [2.45, 2.75) is 58.3 Å². The smallest absolute Gasteiger partial charge is 0.166 e. The van der Waals surface area contributed by atoms with Crippen LogP contribution in [-0.2, 0) is 0 Å². The van der Waals surface area contributed by atoms with E-state index in [1.807, 2.05) is 0 Å². The summed E-state index contributed by atoms with van der Waals surface area (Å²) in [5.41, 5.74) is 4.95. The highest BCUT2D eigenvalue weighted by Crippen LogP contribution is 2.34. The molecule has 20 heavy (non-hydrogen) atoms. The van der Waals surface area contributed by atoms with Gasteiger partial charge in [-0.2, -0.15) is 0 Å². The number of nitrogens with zero attached hydrogens (tertiary/aromatic N) is 2. The molecule has 0 amide bonds. The molecule has 0 atom stereocenters. The van der Waals surface area contributed by atoms with E-state index < -0.39 is 0 Å². The van der Waals surface area contributed by atoms with Gasteiger partial charge in [0.25, 0.3) is 0 Å². The van der Waals surface area contributed by atoms with Crippen molar-refractivity contribution >= 4 is 6.21 Å². The third-order valence-corrected chi connectivity index (χ3v) is 4.90. The Morgan fingerprint density at radius 2 is 1.80 bits per heavy atom. The van der Waals surface area contributed by atoms with Gasteiger partial charge < -0.3 is 4.90 Å². The Morgan fingerprint density at radius 1 is 1.05 bits per heavy atom. The van der Waals surface area contributed by atoms with Gasteiger partial charge in [0.05, 0.1) is 0 Å². The van der Waals surface area contributed by atoms with Crippen molar-refractivity contribution in [3.63, 3.8) is 0 Å². The standard InChI is InChI=1S/C18H29N2/c1-2-7-18-16(14-19-10-3-4-11-19)8-9-17(18)15-20-12-5-6-13-20/h14-15H,2-13H2,1H3/q+1. The van der Waals surface area contributed by atoms with E-state index >= 15 is 0 Å². The Bertz CT molecular complexity index is 428. The van der Waals surface area contributed by atoms with E-state index in [9.17, 15) is 0 Å². The van der Waals surface area contributed by atoms with Crippen LogP contribution in [0.25, 0.3) is 0 Å². The van der Waals surface area contributed by atoms with E-state index in [1.54, 1.807) is 16.7 Å². The van der Waals surface area contributed by atoms with Gasteiger partial charge in [0, 0.05) is 37.7 Å². The van der Waals surface area contributed by atoms with Gasteiger partial charge in [0.2, 0.25) is 0 Å². The van der Waals surface area contributed by atoms with Crippen LogP contribution in [0.1, 0.15) is 58.3 Å². The molecule has 2 heteroatoms. The Labute approximate surface area is 123 Å². The molecular weight excluding hydrogens is 244 g/mol. The second kappa shape index (κ2) is 6.60. The third-order valence-electron chi connectivity index (χ3n) is 4.90.